The number of pyridine rings is 2. The molecule has 5 nitrogen and oxygen atoms in total. The van der Waals surface area contributed by atoms with Crippen molar-refractivity contribution in [3.63, 3.8) is 0 Å². The van der Waals surface area contributed by atoms with E-state index in [0.29, 0.717) is 12.1 Å². The normalized spacial score (nSPS) is 10.3. The van der Waals surface area contributed by atoms with Crippen LogP contribution in [0.3, 0.4) is 0 Å². The number of nitrogens with zero attached hydrogens (tertiary/aromatic N) is 3. The van der Waals surface area contributed by atoms with Gasteiger partial charge in [-0.15, -0.1) is 0 Å². The number of nitrogens with one attached hydrogen (secondary N) is 1. The monoisotopic (exact) mass is 298 g/mol. The number of amides is 1. The van der Waals surface area contributed by atoms with Gasteiger partial charge in [0.15, 0.2) is 0 Å². The van der Waals surface area contributed by atoms with E-state index in [1.54, 1.807) is 18.5 Å². The number of rotatable bonds is 6. The van der Waals surface area contributed by atoms with Crippen LogP contribution in [0.5, 0.6) is 0 Å². The van der Waals surface area contributed by atoms with E-state index in [9.17, 15) is 4.79 Å². The molecule has 0 unspecified atom stereocenters. The van der Waals surface area contributed by atoms with E-state index in [-0.39, 0.29) is 5.91 Å². The Balaban J connectivity index is 2.06. The highest BCUT2D eigenvalue weighted by molar-refractivity contribution is 5.94. The number of hydrogen-bond donors (Lipinski definition) is 1. The fourth-order valence-electron chi connectivity index (χ4n) is 2.26. The largest absolute Gasteiger partial charge is 0.362 e. The highest BCUT2D eigenvalue weighted by atomic mass is 16.1. The molecule has 0 aliphatic heterocycles. The third kappa shape index (κ3) is 4.04. The molecule has 5 heteroatoms. The van der Waals surface area contributed by atoms with Gasteiger partial charge >= 0.3 is 0 Å². The van der Waals surface area contributed by atoms with Crippen molar-refractivity contribution in [1.29, 1.82) is 0 Å². The first-order chi connectivity index (χ1) is 10.6. The zero-order valence-corrected chi connectivity index (χ0v) is 13.3. The van der Waals surface area contributed by atoms with Crippen molar-refractivity contribution in [2.24, 2.45) is 0 Å². The summed E-state index contributed by atoms with van der Waals surface area (Å²) in [6.07, 6.45) is 5.34. The summed E-state index contributed by atoms with van der Waals surface area (Å²) in [5.41, 5.74) is 2.59. The summed E-state index contributed by atoms with van der Waals surface area (Å²) in [5.74, 6) is 0.775. The fraction of sp³-hybridized carbons (Fsp3) is 0.353. The topological polar surface area (TPSA) is 58.1 Å². The minimum Gasteiger partial charge on any atom is -0.362 e. The smallest absolute Gasteiger partial charge is 0.251 e. The van der Waals surface area contributed by atoms with Crippen LogP contribution in [0.15, 0.2) is 36.7 Å². The second-order valence-electron chi connectivity index (χ2n) is 5.35. The first-order valence-corrected chi connectivity index (χ1v) is 7.46. The fourth-order valence-corrected chi connectivity index (χ4v) is 2.26. The third-order valence-electron chi connectivity index (χ3n) is 3.32. The molecule has 0 saturated carbocycles. The second kappa shape index (κ2) is 7.54. The molecule has 2 aromatic heterocycles. The van der Waals surface area contributed by atoms with Crippen molar-refractivity contribution in [2.45, 2.75) is 26.3 Å². The van der Waals surface area contributed by atoms with E-state index in [1.165, 1.54) is 0 Å². The molecule has 2 aromatic rings. The molecule has 2 heterocycles. The van der Waals surface area contributed by atoms with Gasteiger partial charge < -0.3 is 10.2 Å². The highest BCUT2D eigenvalue weighted by Crippen LogP contribution is 2.14. The SMILES string of the molecule is CCCc1cc(C(=O)NCc2cccnc2N(C)C)ccn1. The summed E-state index contributed by atoms with van der Waals surface area (Å²) in [5, 5.41) is 2.95. The predicted octanol–water partition coefficient (Wildman–Crippen LogP) is 2.43. The molecule has 0 saturated heterocycles. The lowest BCUT2D eigenvalue weighted by Crippen LogP contribution is -2.24. The van der Waals surface area contributed by atoms with Gasteiger partial charge in [0.25, 0.3) is 5.91 Å². The molecule has 0 aromatic carbocycles. The van der Waals surface area contributed by atoms with Crippen LogP contribution in [0.25, 0.3) is 0 Å². The van der Waals surface area contributed by atoms with E-state index in [4.69, 9.17) is 0 Å². The number of carbonyl (C=O) groups excluding carboxylic acids is 1. The number of anilines is 1. The van der Waals surface area contributed by atoms with Gasteiger partial charge in [0.1, 0.15) is 5.82 Å². The van der Waals surface area contributed by atoms with Crippen molar-refractivity contribution in [2.75, 3.05) is 19.0 Å². The minimum atomic E-state index is -0.0895. The van der Waals surface area contributed by atoms with Gasteiger partial charge in [0.2, 0.25) is 0 Å². The maximum absolute atomic E-state index is 12.3. The average Bonchev–Trinajstić information content (AvgIpc) is 2.53. The Bertz CT molecular complexity index is 640. The van der Waals surface area contributed by atoms with Crippen molar-refractivity contribution < 1.29 is 4.79 Å². The second-order valence-corrected chi connectivity index (χ2v) is 5.35. The van der Waals surface area contributed by atoms with Gasteiger partial charge in [0.05, 0.1) is 0 Å². The molecule has 22 heavy (non-hydrogen) atoms. The van der Waals surface area contributed by atoms with Crippen LogP contribution in [-0.4, -0.2) is 30.0 Å². The Kier molecular flexibility index (Phi) is 5.47. The lowest BCUT2D eigenvalue weighted by atomic mass is 10.1. The lowest BCUT2D eigenvalue weighted by Gasteiger charge is -2.16. The number of aryl methyl sites for hydroxylation is 1. The Morgan fingerprint density at radius 1 is 1.23 bits per heavy atom. The maximum Gasteiger partial charge on any atom is 0.251 e. The van der Waals surface area contributed by atoms with Crippen LogP contribution in [0.1, 0.15) is 35.0 Å². The van der Waals surface area contributed by atoms with Crippen molar-refractivity contribution in [3.05, 3.63) is 53.5 Å². The van der Waals surface area contributed by atoms with Gasteiger partial charge in [-0.3, -0.25) is 9.78 Å². The Hall–Kier alpha value is -2.43. The quantitative estimate of drug-likeness (QED) is 0.890. The maximum atomic E-state index is 12.3. The summed E-state index contributed by atoms with van der Waals surface area (Å²) in [6.45, 7) is 2.55. The molecule has 0 radical (unpaired) electrons. The van der Waals surface area contributed by atoms with Gasteiger partial charge in [-0.25, -0.2) is 4.98 Å². The molecule has 0 aliphatic rings. The van der Waals surface area contributed by atoms with Crippen LogP contribution >= 0.6 is 0 Å². The van der Waals surface area contributed by atoms with E-state index >= 15 is 0 Å². The Labute approximate surface area is 131 Å². The van der Waals surface area contributed by atoms with Crippen LogP contribution in [0.2, 0.25) is 0 Å². The first-order valence-electron chi connectivity index (χ1n) is 7.46. The van der Waals surface area contributed by atoms with Gasteiger partial charge in [-0.2, -0.15) is 0 Å². The number of aromatic nitrogens is 2. The standard InChI is InChI=1S/C17H22N4O/c1-4-6-15-11-13(8-10-18-15)17(22)20-12-14-7-5-9-19-16(14)21(2)3/h5,7-11H,4,6,12H2,1-3H3,(H,20,22). The summed E-state index contributed by atoms with van der Waals surface area (Å²) in [6, 6.07) is 7.44. The number of carbonyl (C=O) groups is 1. The molecule has 116 valence electrons. The summed E-state index contributed by atoms with van der Waals surface area (Å²) in [7, 11) is 3.88. The molecule has 0 atom stereocenters. The zero-order chi connectivity index (χ0) is 15.9. The third-order valence-corrected chi connectivity index (χ3v) is 3.32. The Morgan fingerprint density at radius 2 is 2.05 bits per heavy atom. The van der Waals surface area contributed by atoms with Crippen LogP contribution in [0.4, 0.5) is 5.82 Å². The molecular formula is C17H22N4O. The molecule has 0 fully saturated rings. The molecule has 0 bridgehead atoms. The zero-order valence-electron chi connectivity index (χ0n) is 13.3. The minimum absolute atomic E-state index is 0.0895. The van der Waals surface area contributed by atoms with Gasteiger partial charge in [0, 0.05) is 49.9 Å². The van der Waals surface area contributed by atoms with Crippen LogP contribution in [0, 0.1) is 0 Å². The molecule has 1 amide bonds. The van der Waals surface area contributed by atoms with Crippen molar-refractivity contribution >= 4 is 11.7 Å². The summed E-state index contributed by atoms with van der Waals surface area (Å²) >= 11 is 0. The van der Waals surface area contributed by atoms with E-state index < -0.39 is 0 Å². The molecule has 0 aliphatic carbocycles. The van der Waals surface area contributed by atoms with E-state index in [2.05, 4.69) is 22.2 Å². The molecule has 0 spiro atoms. The molecular weight excluding hydrogens is 276 g/mol. The number of hydrogen-bond acceptors (Lipinski definition) is 4. The lowest BCUT2D eigenvalue weighted by molar-refractivity contribution is 0.0950. The Morgan fingerprint density at radius 3 is 2.77 bits per heavy atom. The van der Waals surface area contributed by atoms with E-state index in [1.807, 2.05) is 37.2 Å². The summed E-state index contributed by atoms with van der Waals surface area (Å²) < 4.78 is 0. The van der Waals surface area contributed by atoms with Crippen molar-refractivity contribution in [3.8, 4) is 0 Å². The molecule has 2 rings (SSSR count). The van der Waals surface area contributed by atoms with Crippen LogP contribution in [-0.2, 0) is 13.0 Å². The molecule has 1 N–H and O–H groups in total. The summed E-state index contributed by atoms with van der Waals surface area (Å²) in [4.78, 5) is 22.8. The van der Waals surface area contributed by atoms with Gasteiger partial charge in [-0.05, 0) is 24.6 Å². The van der Waals surface area contributed by atoms with E-state index in [0.717, 1.165) is 29.9 Å². The predicted molar refractivity (Wildman–Crippen MR) is 88.0 cm³/mol. The van der Waals surface area contributed by atoms with Crippen LogP contribution < -0.4 is 10.2 Å². The average molecular weight is 298 g/mol. The highest BCUT2D eigenvalue weighted by Gasteiger charge is 2.09. The first kappa shape index (κ1) is 15.9. The van der Waals surface area contributed by atoms with Crippen molar-refractivity contribution in [1.82, 2.24) is 15.3 Å². The van der Waals surface area contributed by atoms with Gasteiger partial charge in [-0.1, -0.05) is 19.4 Å².